The van der Waals surface area contributed by atoms with Crippen molar-refractivity contribution in [3.05, 3.63) is 42.0 Å². The lowest BCUT2D eigenvalue weighted by atomic mass is 10.3. The summed E-state index contributed by atoms with van der Waals surface area (Å²) in [7, 11) is 1.56. The summed E-state index contributed by atoms with van der Waals surface area (Å²) < 4.78 is 24.0. The number of nitrogens with zero attached hydrogens (tertiary/aromatic N) is 2. The number of aromatic nitrogens is 2. The van der Waals surface area contributed by atoms with Gasteiger partial charge in [-0.25, -0.2) is 9.37 Å². The summed E-state index contributed by atoms with van der Waals surface area (Å²) in [6.07, 6.45) is 0. The Morgan fingerprint density at radius 3 is 2.75 bits per heavy atom. The molecule has 1 aromatic carbocycles. The van der Waals surface area contributed by atoms with Crippen molar-refractivity contribution in [1.82, 2.24) is 9.97 Å². The van der Waals surface area contributed by atoms with E-state index in [9.17, 15) is 4.39 Å². The van der Waals surface area contributed by atoms with Crippen LogP contribution >= 0.6 is 0 Å². The quantitative estimate of drug-likeness (QED) is 0.879. The maximum atomic E-state index is 13.6. The van der Waals surface area contributed by atoms with Crippen LogP contribution in [-0.2, 0) is 11.3 Å². The van der Waals surface area contributed by atoms with Crippen LogP contribution in [0.25, 0.3) is 0 Å². The normalized spacial score (nSPS) is 10.3. The van der Waals surface area contributed by atoms with Crippen molar-refractivity contribution in [2.75, 3.05) is 19.0 Å². The maximum Gasteiger partial charge on any atom is 0.224 e. The predicted molar refractivity (Wildman–Crippen MR) is 73.4 cm³/mol. The van der Waals surface area contributed by atoms with Crippen LogP contribution in [0.2, 0.25) is 0 Å². The fraction of sp³-hybridized carbons (Fsp3) is 0.286. The largest absolute Gasteiger partial charge is 0.436 e. The minimum Gasteiger partial charge on any atom is -0.436 e. The molecule has 0 radical (unpaired) electrons. The van der Waals surface area contributed by atoms with Gasteiger partial charge in [-0.15, -0.1) is 0 Å². The second kappa shape index (κ2) is 6.81. The van der Waals surface area contributed by atoms with Gasteiger partial charge in [-0.2, -0.15) is 4.98 Å². The minimum absolute atomic E-state index is 0.122. The Morgan fingerprint density at radius 2 is 2.05 bits per heavy atom. The zero-order valence-corrected chi connectivity index (χ0v) is 11.4. The van der Waals surface area contributed by atoms with E-state index in [2.05, 4.69) is 15.3 Å². The Bertz CT molecular complexity index is 554. The summed E-state index contributed by atoms with van der Waals surface area (Å²) in [5, 5.41) is 3.07. The molecular weight excluding hydrogens is 261 g/mol. The van der Waals surface area contributed by atoms with E-state index in [1.54, 1.807) is 31.4 Å². The number of halogens is 1. The third-order valence-electron chi connectivity index (χ3n) is 2.43. The molecule has 0 fully saturated rings. The van der Waals surface area contributed by atoms with Crippen LogP contribution < -0.4 is 10.1 Å². The zero-order valence-electron chi connectivity index (χ0n) is 11.4. The molecule has 1 aromatic heterocycles. The Kier molecular flexibility index (Phi) is 4.84. The number of anilines is 1. The van der Waals surface area contributed by atoms with Gasteiger partial charge in [-0.05, 0) is 19.1 Å². The van der Waals surface area contributed by atoms with Crippen LogP contribution in [-0.4, -0.2) is 23.6 Å². The summed E-state index contributed by atoms with van der Waals surface area (Å²) in [6, 6.07) is 7.79. The highest BCUT2D eigenvalue weighted by atomic mass is 19.1. The third-order valence-corrected chi connectivity index (χ3v) is 2.43. The number of benzene rings is 1. The van der Waals surface area contributed by atoms with E-state index in [-0.39, 0.29) is 18.2 Å². The minimum atomic E-state index is -0.440. The summed E-state index contributed by atoms with van der Waals surface area (Å²) in [5.41, 5.74) is 0. The molecule has 5 nitrogen and oxygen atoms in total. The van der Waals surface area contributed by atoms with E-state index in [0.29, 0.717) is 18.2 Å². The number of nitrogens with one attached hydrogen (secondary N) is 1. The van der Waals surface area contributed by atoms with E-state index >= 15 is 0 Å². The molecule has 0 saturated heterocycles. The number of rotatable bonds is 6. The average molecular weight is 277 g/mol. The topological polar surface area (TPSA) is 56.3 Å². The average Bonchev–Trinajstić information content (AvgIpc) is 2.42. The third kappa shape index (κ3) is 3.64. The highest BCUT2D eigenvalue weighted by molar-refractivity contribution is 5.40. The highest BCUT2D eigenvalue weighted by Gasteiger charge is 2.08. The van der Waals surface area contributed by atoms with Crippen molar-refractivity contribution in [3.63, 3.8) is 0 Å². The fourth-order valence-electron chi connectivity index (χ4n) is 1.63. The molecule has 1 heterocycles. The molecule has 2 rings (SSSR count). The Balaban J connectivity index is 2.28. The Hall–Kier alpha value is -2.21. The molecule has 20 heavy (non-hydrogen) atoms. The lowest BCUT2D eigenvalue weighted by molar-refractivity contribution is 0.177. The van der Waals surface area contributed by atoms with Crippen LogP contribution in [0.3, 0.4) is 0 Å². The van der Waals surface area contributed by atoms with Gasteiger partial charge in [0, 0.05) is 19.7 Å². The lowest BCUT2D eigenvalue weighted by Crippen LogP contribution is -2.05. The first-order valence-electron chi connectivity index (χ1n) is 6.26. The van der Waals surface area contributed by atoms with E-state index in [1.807, 2.05) is 6.92 Å². The number of hydrogen-bond acceptors (Lipinski definition) is 5. The van der Waals surface area contributed by atoms with Crippen LogP contribution in [0.5, 0.6) is 11.6 Å². The van der Waals surface area contributed by atoms with E-state index in [0.717, 1.165) is 0 Å². The molecule has 6 heteroatoms. The number of hydrogen-bond donors (Lipinski definition) is 1. The first kappa shape index (κ1) is 14.2. The van der Waals surface area contributed by atoms with Crippen LogP contribution in [0.15, 0.2) is 30.3 Å². The van der Waals surface area contributed by atoms with E-state index < -0.39 is 5.82 Å². The van der Waals surface area contributed by atoms with Crippen LogP contribution in [0.1, 0.15) is 12.7 Å². The smallest absolute Gasteiger partial charge is 0.224 e. The molecule has 0 aliphatic heterocycles. The fourth-order valence-corrected chi connectivity index (χ4v) is 1.63. The molecule has 1 N–H and O–H groups in total. The molecule has 0 amide bonds. The van der Waals surface area contributed by atoms with Crippen molar-refractivity contribution >= 4 is 5.82 Å². The Labute approximate surface area is 116 Å². The van der Waals surface area contributed by atoms with Crippen molar-refractivity contribution in [2.24, 2.45) is 0 Å². The SMILES string of the molecule is CCNc1cc(Oc2ccccc2F)nc(COC)n1. The van der Waals surface area contributed by atoms with E-state index in [4.69, 9.17) is 9.47 Å². The molecule has 0 bridgehead atoms. The second-order valence-electron chi connectivity index (χ2n) is 4.00. The van der Waals surface area contributed by atoms with Gasteiger partial charge in [-0.3, -0.25) is 0 Å². The van der Waals surface area contributed by atoms with Gasteiger partial charge in [0.1, 0.15) is 12.4 Å². The van der Waals surface area contributed by atoms with E-state index in [1.165, 1.54) is 6.07 Å². The van der Waals surface area contributed by atoms with Crippen molar-refractivity contribution in [3.8, 4) is 11.6 Å². The molecule has 0 aliphatic rings. The Morgan fingerprint density at radius 1 is 1.25 bits per heavy atom. The maximum absolute atomic E-state index is 13.6. The van der Waals surface area contributed by atoms with Gasteiger partial charge in [0.05, 0.1) is 0 Å². The zero-order chi connectivity index (χ0) is 14.4. The molecule has 106 valence electrons. The van der Waals surface area contributed by atoms with Gasteiger partial charge in [0.25, 0.3) is 0 Å². The van der Waals surface area contributed by atoms with Crippen molar-refractivity contribution < 1.29 is 13.9 Å². The van der Waals surface area contributed by atoms with Gasteiger partial charge in [-0.1, -0.05) is 12.1 Å². The molecule has 2 aromatic rings. The highest BCUT2D eigenvalue weighted by Crippen LogP contribution is 2.24. The van der Waals surface area contributed by atoms with Crippen LogP contribution in [0.4, 0.5) is 10.2 Å². The summed E-state index contributed by atoms with van der Waals surface area (Å²) in [5.74, 6) is 1.03. The van der Waals surface area contributed by atoms with Gasteiger partial charge in [0.15, 0.2) is 17.4 Å². The van der Waals surface area contributed by atoms with Crippen molar-refractivity contribution in [2.45, 2.75) is 13.5 Å². The predicted octanol–water partition coefficient (Wildman–Crippen LogP) is 2.99. The summed E-state index contributed by atoms with van der Waals surface area (Å²) in [6.45, 7) is 2.92. The molecule has 0 atom stereocenters. The lowest BCUT2D eigenvalue weighted by Gasteiger charge is -2.10. The molecular formula is C14H16FN3O2. The molecule has 0 aliphatic carbocycles. The van der Waals surface area contributed by atoms with Gasteiger partial charge < -0.3 is 14.8 Å². The first-order valence-corrected chi connectivity index (χ1v) is 6.26. The molecule has 0 spiro atoms. The first-order chi connectivity index (χ1) is 9.72. The standard InChI is InChI=1S/C14H16FN3O2/c1-3-16-12-8-14(18-13(17-12)9-19-2)20-11-7-5-4-6-10(11)15/h4-8H,3,9H2,1-2H3,(H,16,17,18). The summed E-state index contributed by atoms with van der Waals surface area (Å²) >= 11 is 0. The molecule has 0 saturated carbocycles. The number of para-hydroxylation sites is 1. The van der Waals surface area contributed by atoms with Gasteiger partial charge >= 0.3 is 0 Å². The number of methoxy groups -OCH3 is 1. The van der Waals surface area contributed by atoms with Crippen molar-refractivity contribution in [1.29, 1.82) is 0 Å². The monoisotopic (exact) mass is 277 g/mol. The van der Waals surface area contributed by atoms with Gasteiger partial charge in [0.2, 0.25) is 5.88 Å². The second-order valence-corrected chi connectivity index (χ2v) is 4.00. The number of ether oxygens (including phenoxy) is 2. The van der Waals surface area contributed by atoms with Crippen LogP contribution in [0, 0.1) is 5.82 Å². The summed E-state index contributed by atoms with van der Waals surface area (Å²) in [4.78, 5) is 8.43. The molecule has 0 unspecified atom stereocenters.